The van der Waals surface area contributed by atoms with E-state index in [1.807, 2.05) is 0 Å². The SMILES string of the molecule is O=C(NCC1CCN(c2cnccn2)CC1)Nc1ccc(Cl)cc1. The summed E-state index contributed by atoms with van der Waals surface area (Å²) in [6.45, 7) is 2.54. The van der Waals surface area contributed by atoms with Crippen LogP contribution in [-0.4, -0.2) is 35.6 Å². The van der Waals surface area contributed by atoms with E-state index in [0.717, 1.165) is 37.4 Å². The Bertz CT molecular complexity index is 656. The van der Waals surface area contributed by atoms with E-state index in [-0.39, 0.29) is 6.03 Å². The molecule has 1 aromatic carbocycles. The number of urea groups is 1. The van der Waals surface area contributed by atoms with Gasteiger partial charge in [-0.15, -0.1) is 0 Å². The molecule has 1 aliphatic rings. The van der Waals surface area contributed by atoms with Crippen molar-refractivity contribution in [1.29, 1.82) is 0 Å². The average molecular weight is 346 g/mol. The van der Waals surface area contributed by atoms with Gasteiger partial charge in [-0.3, -0.25) is 4.98 Å². The third-order valence-electron chi connectivity index (χ3n) is 4.14. The van der Waals surface area contributed by atoms with Crippen LogP contribution < -0.4 is 15.5 Å². The van der Waals surface area contributed by atoms with Crippen LogP contribution in [0.25, 0.3) is 0 Å². The molecule has 2 heterocycles. The van der Waals surface area contributed by atoms with Crippen molar-refractivity contribution >= 4 is 29.1 Å². The lowest BCUT2D eigenvalue weighted by Gasteiger charge is -2.32. The molecule has 3 rings (SSSR count). The number of piperidine rings is 1. The number of carbonyl (C=O) groups excluding carboxylic acids is 1. The van der Waals surface area contributed by atoms with Crippen molar-refractivity contribution in [3.63, 3.8) is 0 Å². The standard InChI is InChI=1S/C17H20ClN5O/c18-14-1-3-15(4-2-14)22-17(24)21-11-13-5-9-23(10-6-13)16-12-19-7-8-20-16/h1-4,7-8,12-13H,5-6,9-11H2,(H2,21,22,24). The molecular formula is C17H20ClN5O. The monoisotopic (exact) mass is 345 g/mol. The second-order valence-corrected chi connectivity index (χ2v) is 6.27. The average Bonchev–Trinajstić information content (AvgIpc) is 2.63. The Labute approximate surface area is 146 Å². The van der Waals surface area contributed by atoms with Gasteiger partial charge in [0.15, 0.2) is 0 Å². The molecular weight excluding hydrogens is 326 g/mol. The molecule has 2 amide bonds. The van der Waals surface area contributed by atoms with Crippen molar-refractivity contribution in [2.75, 3.05) is 29.9 Å². The molecule has 0 unspecified atom stereocenters. The van der Waals surface area contributed by atoms with Crippen molar-refractivity contribution in [3.05, 3.63) is 47.9 Å². The third-order valence-corrected chi connectivity index (χ3v) is 4.39. The molecule has 0 spiro atoms. The summed E-state index contributed by atoms with van der Waals surface area (Å²) in [4.78, 5) is 22.6. The van der Waals surface area contributed by atoms with Gasteiger partial charge in [0.2, 0.25) is 0 Å². The van der Waals surface area contributed by atoms with Crippen molar-refractivity contribution in [1.82, 2.24) is 15.3 Å². The minimum Gasteiger partial charge on any atom is -0.355 e. The second kappa shape index (κ2) is 7.97. The molecule has 2 N–H and O–H groups in total. The second-order valence-electron chi connectivity index (χ2n) is 5.84. The highest BCUT2D eigenvalue weighted by Crippen LogP contribution is 2.20. The van der Waals surface area contributed by atoms with Crippen molar-refractivity contribution in [3.8, 4) is 0 Å². The van der Waals surface area contributed by atoms with Gasteiger partial charge in [-0.05, 0) is 43.0 Å². The lowest BCUT2D eigenvalue weighted by atomic mass is 9.97. The van der Waals surface area contributed by atoms with E-state index >= 15 is 0 Å². The number of nitrogens with zero attached hydrogens (tertiary/aromatic N) is 3. The highest BCUT2D eigenvalue weighted by Gasteiger charge is 2.20. The van der Waals surface area contributed by atoms with E-state index in [0.29, 0.717) is 17.5 Å². The highest BCUT2D eigenvalue weighted by molar-refractivity contribution is 6.30. The highest BCUT2D eigenvalue weighted by atomic mass is 35.5. The summed E-state index contributed by atoms with van der Waals surface area (Å²) in [6.07, 6.45) is 7.23. The van der Waals surface area contributed by atoms with Crippen molar-refractivity contribution < 1.29 is 4.79 Å². The molecule has 0 atom stereocenters. The van der Waals surface area contributed by atoms with Crippen molar-refractivity contribution in [2.45, 2.75) is 12.8 Å². The molecule has 0 saturated carbocycles. The van der Waals surface area contributed by atoms with Crippen LogP contribution in [0.1, 0.15) is 12.8 Å². The maximum absolute atomic E-state index is 11.9. The fourth-order valence-electron chi connectivity index (χ4n) is 2.77. The summed E-state index contributed by atoms with van der Waals surface area (Å²) in [6, 6.07) is 6.87. The van der Waals surface area contributed by atoms with E-state index < -0.39 is 0 Å². The number of carbonyl (C=O) groups is 1. The lowest BCUT2D eigenvalue weighted by Crippen LogP contribution is -2.40. The van der Waals surface area contributed by atoms with Crippen molar-refractivity contribution in [2.24, 2.45) is 5.92 Å². The predicted molar refractivity (Wildman–Crippen MR) is 95.4 cm³/mol. The first-order valence-corrected chi connectivity index (χ1v) is 8.40. The molecule has 0 radical (unpaired) electrons. The van der Waals surface area contributed by atoms with E-state index in [2.05, 4.69) is 25.5 Å². The molecule has 7 heteroatoms. The fraction of sp³-hybridized carbons (Fsp3) is 0.353. The maximum atomic E-state index is 11.9. The van der Waals surface area contributed by atoms with Crippen LogP contribution in [0.3, 0.4) is 0 Å². The zero-order chi connectivity index (χ0) is 16.8. The quantitative estimate of drug-likeness (QED) is 0.893. The number of aromatic nitrogens is 2. The van der Waals surface area contributed by atoms with Gasteiger partial charge in [-0.1, -0.05) is 11.6 Å². The zero-order valence-electron chi connectivity index (χ0n) is 13.3. The predicted octanol–water partition coefficient (Wildman–Crippen LogP) is 3.17. The molecule has 0 aliphatic carbocycles. The number of benzene rings is 1. The minimum atomic E-state index is -0.186. The van der Waals surface area contributed by atoms with Crippen LogP contribution in [0.5, 0.6) is 0 Å². The van der Waals surface area contributed by atoms with Crippen LogP contribution >= 0.6 is 11.6 Å². The van der Waals surface area contributed by atoms with Gasteiger partial charge < -0.3 is 15.5 Å². The number of hydrogen-bond donors (Lipinski definition) is 2. The lowest BCUT2D eigenvalue weighted by molar-refractivity contribution is 0.248. The Balaban J connectivity index is 1.40. The smallest absolute Gasteiger partial charge is 0.319 e. The number of hydrogen-bond acceptors (Lipinski definition) is 4. The Morgan fingerprint density at radius 1 is 1.21 bits per heavy atom. The number of rotatable bonds is 4. The molecule has 2 aromatic rings. The summed E-state index contributed by atoms with van der Waals surface area (Å²) >= 11 is 5.83. The van der Waals surface area contributed by atoms with E-state index in [1.54, 1.807) is 42.9 Å². The first-order chi connectivity index (χ1) is 11.7. The molecule has 1 aromatic heterocycles. The first kappa shape index (κ1) is 16.5. The summed E-state index contributed by atoms with van der Waals surface area (Å²) in [5.41, 5.74) is 0.731. The molecule has 1 fully saturated rings. The van der Waals surface area contributed by atoms with Gasteiger partial charge in [0.25, 0.3) is 0 Å². The summed E-state index contributed by atoms with van der Waals surface area (Å²) < 4.78 is 0. The topological polar surface area (TPSA) is 70.2 Å². The van der Waals surface area contributed by atoms with Crippen LogP contribution in [-0.2, 0) is 0 Å². The Hall–Kier alpha value is -2.34. The minimum absolute atomic E-state index is 0.186. The first-order valence-electron chi connectivity index (χ1n) is 8.02. The molecule has 1 saturated heterocycles. The van der Waals surface area contributed by atoms with E-state index in [9.17, 15) is 4.79 Å². The fourth-order valence-corrected chi connectivity index (χ4v) is 2.89. The molecule has 1 aliphatic heterocycles. The van der Waals surface area contributed by atoms with Gasteiger partial charge in [0.05, 0.1) is 6.20 Å². The Kier molecular flexibility index (Phi) is 5.48. The van der Waals surface area contributed by atoms with Gasteiger partial charge in [-0.25, -0.2) is 9.78 Å². The van der Waals surface area contributed by atoms with Crippen LogP contribution in [0.2, 0.25) is 5.02 Å². The van der Waals surface area contributed by atoms with Crippen LogP contribution in [0.15, 0.2) is 42.9 Å². The van der Waals surface area contributed by atoms with E-state index in [1.165, 1.54) is 0 Å². The van der Waals surface area contributed by atoms with Crippen LogP contribution in [0.4, 0.5) is 16.3 Å². The largest absolute Gasteiger partial charge is 0.355 e. The molecule has 6 nitrogen and oxygen atoms in total. The van der Waals surface area contributed by atoms with Gasteiger partial charge in [-0.2, -0.15) is 0 Å². The molecule has 126 valence electrons. The summed E-state index contributed by atoms with van der Waals surface area (Å²) in [5, 5.41) is 6.40. The van der Waals surface area contributed by atoms with Gasteiger partial charge >= 0.3 is 6.03 Å². The Morgan fingerprint density at radius 2 is 1.96 bits per heavy atom. The third kappa shape index (κ3) is 4.58. The number of halogens is 1. The van der Waals surface area contributed by atoms with Crippen LogP contribution in [0, 0.1) is 5.92 Å². The Morgan fingerprint density at radius 3 is 2.62 bits per heavy atom. The van der Waals surface area contributed by atoms with E-state index in [4.69, 9.17) is 11.6 Å². The molecule has 24 heavy (non-hydrogen) atoms. The summed E-state index contributed by atoms with van der Waals surface area (Å²) in [7, 11) is 0. The van der Waals surface area contributed by atoms with Gasteiger partial charge in [0.1, 0.15) is 5.82 Å². The molecule has 0 bridgehead atoms. The number of anilines is 2. The summed E-state index contributed by atoms with van der Waals surface area (Å²) in [5.74, 6) is 1.40. The normalized spacial score (nSPS) is 15.1. The number of nitrogens with one attached hydrogen (secondary N) is 2. The number of amides is 2. The zero-order valence-corrected chi connectivity index (χ0v) is 14.0. The maximum Gasteiger partial charge on any atom is 0.319 e. The van der Waals surface area contributed by atoms with Gasteiger partial charge in [0, 0.05) is 42.7 Å².